The van der Waals surface area contributed by atoms with Crippen molar-refractivity contribution in [3.05, 3.63) is 39.4 Å². The van der Waals surface area contributed by atoms with Gasteiger partial charge in [0, 0.05) is 23.2 Å². The zero-order valence-corrected chi connectivity index (χ0v) is 14.5. The van der Waals surface area contributed by atoms with Gasteiger partial charge >= 0.3 is 5.97 Å². The van der Waals surface area contributed by atoms with Crippen LogP contribution in [0, 0.1) is 27.9 Å². The Balaban J connectivity index is 1.59. The number of nitrogens with zero attached hydrogens (tertiary/aromatic N) is 2. The van der Waals surface area contributed by atoms with E-state index >= 15 is 0 Å². The average Bonchev–Trinajstić information content (AvgIpc) is 3.08. The number of aromatic nitrogens is 1. The fraction of sp³-hybridized carbons (Fsp3) is 0.471. The molecule has 25 heavy (non-hydrogen) atoms. The normalized spacial score (nSPS) is 23.1. The zero-order chi connectivity index (χ0) is 18.0. The third-order valence-corrected chi connectivity index (χ3v) is 5.64. The number of fused-ring (bicyclic) bond motifs is 1. The molecule has 0 radical (unpaired) electrons. The number of ether oxygens (including phenoxy) is 1. The Hall–Kier alpha value is -2.35. The third-order valence-electron chi connectivity index (χ3n) is 4.63. The number of para-hydroxylation sites is 1. The monoisotopic (exact) mass is 362 g/mol. The van der Waals surface area contributed by atoms with Gasteiger partial charge in [-0.15, -0.1) is 11.3 Å². The number of hydrogen-bond acceptors (Lipinski definition) is 7. The van der Waals surface area contributed by atoms with Gasteiger partial charge in [-0.05, 0) is 18.1 Å². The van der Waals surface area contributed by atoms with Crippen LogP contribution in [0.25, 0.3) is 10.2 Å². The molecule has 1 aliphatic carbocycles. The second kappa shape index (κ2) is 7.26. The van der Waals surface area contributed by atoms with Crippen LogP contribution in [0.5, 0.6) is 0 Å². The number of Topliss-reactive ketones (excluding diaryl/α,β-unsaturated/α-hetero) is 1. The quantitative estimate of drug-likeness (QED) is 0.445. The van der Waals surface area contributed by atoms with Crippen LogP contribution < -0.4 is 0 Å². The van der Waals surface area contributed by atoms with E-state index in [1.807, 2.05) is 31.2 Å². The van der Waals surface area contributed by atoms with Crippen LogP contribution in [0.15, 0.2) is 24.3 Å². The molecule has 0 N–H and O–H groups in total. The maximum Gasteiger partial charge on any atom is 0.306 e. The maximum atomic E-state index is 12.1. The van der Waals surface area contributed by atoms with E-state index in [0.29, 0.717) is 5.01 Å². The van der Waals surface area contributed by atoms with E-state index in [9.17, 15) is 19.7 Å². The molecule has 0 aliphatic heterocycles. The number of carbonyl (C=O) groups excluding carboxylic acids is 2. The summed E-state index contributed by atoms with van der Waals surface area (Å²) in [5, 5.41) is 11.5. The molecule has 2 aromatic rings. The van der Waals surface area contributed by atoms with Crippen molar-refractivity contribution in [1.82, 2.24) is 4.98 Å². The highest BCUT2D eigenvalue weighted by Gasteiger charge is 2.44. The molecule has 1 aliphatic rings. The molecule has 7 nitrogen and oxygen atoms in total. The first-order valence-electron chi connectivity index (χ1n) is 8.08. The highest BCUT2D eigenvalue weighted by molar-refractivity contribution is 7.18. The summed E-state index contributed by atoms with van der Waals surface area (Å²) >= 11 is 1.45. The molecule has 1 fully saturated rings. The van der Waals surface area contributed by atoms with Crippen molar-refractivity contribution >= 4 is 33.3 Å². The van der Waals surface area contributed by atoms with E-state index in [4.69, 9.17) is 4.74 Å². The first-order chi connectivity index (χ1) is 11.9. The molecule has 3 atom stereocenters. The molecule has 0 unspecified atom stereocenters. The molecule has 1 heterocycles. The predicted octanol–water partition coefficient (Wildman–Crippen LogP) is 2.85. The highest BCUT2D eigenvalue weighted by atomic mass is 32.1. The van der Waals surface area contributed by atoms with Crippen LogP contribution in [0.2, 0.25) is 0 Å². The minimum atomic E-state index is -0.622. The molecule has 1 saturated carbocycles. The third kappa shape index (κ3) is 4.01. The lowest BCUT2D eigenvalue weighted by Gasteiger charge is -2.16. The fourth-order valence-corrected chi connectivity index (χ4v) is 4.24. The first kappa shape index (κ1) is 17.5. The number of thiazole rings is 1. The van der Waals surface area contributed by atoms with Crippen LogP contribution in [0.4, 0.5) is 0 Å². The lowest BCUT2D eigenvalue weighted by atomic mass is 9.88. The lowest BCUT2D eigenvalue weighted by Crippen LogP contribution is -2.27. The Bertz CT molecular complexity index is 785. The maximum absolute atomic E-state index is 12.1. The van der Waals surface area contributed by atoms with Gasteiger partial charge in [0.05, 0.1) is 16.6 Å². The van der Waals surface area contributed by atoms with Gasteiger partial charge in [0.1, 0.15) is 17.4 Å². The lowest BCUT2D eigenvalue weighted by molar-refractivity contribution is -0.490. The minimum Gasteiger partial charge on any atom is -0.458 e. The second-order valence-electron chi connectivity index (χ2n) is 6.37. The number of nitro groups is 1. The van der Waals surface area contributed by atoms with E-state index < -0.39 is 22.7 Å². The van der Waals surface area contributed by atoms with E-state index in [-0.39, 0.29) is 37.7 Å². The topological polar surface area (TPSA) is 99.4 Å². The van der Waals surface area contributed by atoms with Gasteiger partial charge in [-0.1, -0.05) is 19.1 Å². The Labute approximate surface area is 148 Å². The summed E-state index contributed by atoms with van der Waals surface area (Å²) in [6.07, 6.45) is 0.181. The molecule has 8 heteroatoms. The molecular formula is C17H18N2O5S. The van der Waals surface area contributed by atoms with Crippen molar-refractivity contribution in [3.8, 4) is 0 Å². The molecule has 0 bridgehead atoms. The standard InChI is InChI=1S/C17H18N2O5S/c1-10-6-14(20)11(12(10)8-19(22)23)7-17(21)24-9-16-18-13-4-2-3-5-15(13)25-16/h2-5,10-12H,6-9H2,1H3/t10-,11+,12-/m1/s1. The Morgan fingerprint density at radius 2 is 2.20 bits per heavy atom. The molecule has 0 saturated heterocycles. The summed E-state index contributed by atoms with van der Waals surface area (Å²) < 4.78 is 6.26. The molecule has 132 valence electrons. The summed E-state index contributed by atoms with van der Waals surface area (Å²) in [6, 6.07) is 7.63. The van der Waals surface area contributed by atoms with Crippen molar-refractivity contribution in [2.75, 3.05) is 6.54 Å². The van der Waals surface area contributed by atoms with Crippen LogP contribution in [0.1, 0.15) is 24.8 Å². The Kier molecular flexibility index (Phi) is 5.08. The number of rotatable bonds is 6. The summed E-state index contributed by atoms with van der Waals surface area (Å²) in [7, 11) is 0. The van der Waals surface area contributed by atoms with Crippen molar-refractivity contribution in [2.45, 2.75) is 26.4 Å². The van der Waals surface area contributed by atoms with Crippen LogP contribution in [0.3, 0.4) is 0 Å². The van der Waals surface area contributed by atoms with Gasteiger partial charge in [0.2, 0.25) is 6.54 Å². The largest absolute Gasteiger partial charge is 0.458 e. The first-order valence-corrected chi connectivity index (χ1v) is 8.90. The van der Waals surface area contributed by atoms with Crippen LogP contribution in [-0.2, 0) is 20.9 Å². The molecule has 1 aromatic carbocycles. The number of hydrogen-bond donors (Lipinski definition) is 0. The van der Waals surface area contributed by atoms with Crippen molar-refractivity contribution in [1.29, 1.82) is 0 Å². The van der Waals surface area contributed by atoms with Gasteiger partial charge in [-0.2, -0.15) is 0 Å². The number of esters is 1. The van der Waals surface area contributed by atoms with Gasteiger partial charge in [-0.25, -0.2) is 4.98 Å². The van der Waals surface area contributed by atoms with E-state index in [1.165, 1.54) is 11.3 Å². The SMILES string of the molecule is C[C@@H]1CC(=O)[C@@H](CC(=O)OCc2nc3ccccc3s2)[C@@H]1C[N+](=O)[O-]. The smallest absolute Gasteiger partial charge is 0.306 e. The van der Waals surface area contributed by atoms with Crippen LogP contribution in [-0.4, -0.2) is 28.2 Å². The Morgan fingerprint density at radius 1 is 1.44 bits per heavy atom. The molecular weight excluding hydrogens is 344 g/mol. The number of ketones is 1. The van der Waals surface area contributed by atoms with Crippen molar-refractivity contribution < 1.29 is 19.2 Å². The van der Waals surface area contributed by atoms with Gasteiger partial charge in [-0.3, -0.25) is 19.7 Å². The summed E-state index contributed by atoms with van der Waals surface area (Å²) in [5.41, 5.74) is 0.851. The van der Waals surface area contributed by atoms with Gasteiger partial charge < -0.3 is 4.74 Å². The predicted molar refractivity (Wildman–Crippen MR) is 91.7 cm³/mol. The minimum absolute atomic E-state index is 0.0501. The van der Waals surface area contributed by atoms with Crippen LogP contribution >= 0.6 is 11.3 Å². The average molecular weight is 362 g/mol. The summed E-state index contributed by atoms with van der Waals surface area (Å²) in [5.74, 6) is -1.71. The van der Waals surface area contributed by atoms with Gasteiger partial charge in [0.25, 0.3) is 0 Å². The second-order valence-corrected chi connectivity index (χ2v) is 7.49. The Morgan fingerprint density at radius 3 is 2.92 bits per heavy atom. The summed E-state index contributed by atoms with van der Waals surface area (Å²) in [4.78, 5) is 38.9. The van der Waals surface area contributed by atoms with E-state index in [1.54, 1.807) is 0 Å². The fourth-order valence-electron chi connectivity index (χ4n) is 3.36. The van der Waals surface area contributed by atoms with Crippen molar-refractivity contribution in [3.63, 3.8) is 0 Å². The van der Waals surface area contributed by atoms with E-state index in [0.717, 1.165) is 10.2 Å². The highest BCUT2D eigenvalue weighted by Crippen LogP contribution is 2.36. The molecule has 0 amide bonds. The number of benzene rings is 1. The molecule has 3 rings (SSSR count). The van der Waals surface area contributed by atoms with Crippen molar-refractivity contribution in [2.24, 2.45) is 17.8 Å². The molecule has 0 spiro atoms. The van der Waals surface area contributed by atoms with Gasteiger partial charge in [0.15, 0.2) is 0 Å². The van der Waals surface area contributed by atoms with E-state index in [2.05, 4.69) is 4.98 Å². The zero-order valence-electron chi connectivity index (χ0n) is 13.7. The summed E-state index contributed by atoms with van der Waals surface area (Å²) in [6.45, 7) is 1.58. The number of carbonyl (C=O) groups is 2. The molecule has 1 aromatic heterocycles.